The first kappa shape index (κ1) is 15.2. The van der Waals surface area contributed by atoms with Gasteiger partial charge in [-0.25, -0.2) is 0 Å². The summed E-state index contributed by atoms with van der Waals surface area (Å²) in [6.45, 7) is 5.72. The lowest BCUT2D eigenvalue weighted by Crippen LogP contribution is -2.39. The summed E-state index contributed by atoms with van der Waals surface area (Å²) < 4.78 is 39.7. The first-order chi connectivity index (χ1) is 9.32. The lowest BCUT2D eigenvalue weighted by molar-refractivity contribution is -0.137. The molecule has 20 heavy (non-hydrogen) atoms. The average Bonchev–Trinajstić information content (AvgIpc) is 2.40. The highest BCUT2D eigenvalue weighted by Gasteiger charge is 2.36. The van der Waals surface area contributed by atoms with Gasteiger partial charge in [-0.2, -0.15) is 13.2 Å². The first-order valence-corrected chi connectivity index (χ1v) is 6.98. The van der Waals surface area contributed by atoms with Crippen molar-refractivity contribution in [3.63, 3.8) is 0 Å². The van der Waals surface area contributed by atoms with E-state index in [1.54, 1.807) is 12.1 Å². The molecular formula is C15H21F3N2. The number of rotatable bonds is 2. The lowest BCUT2D eigenvalue weighted by atomic mass is 9.88. The van der Waals surface area contributed by atoms with E-state index in [9.17, 15) is 13.2 Å². The van der Waals surface area contributed by atoms with Crippen LogP contribution in [0.15, 0.2) is 18.2 Å². The first-order valence-electron chi connectivity index (χ1n) is 6.98. The average molecular weight is 286 g/mol. The number of alkyl halides is 3. The van der Waals surface area contributed by atoms with Crippen molar-refractivity contribution in [1.82, 2.24) is 0 Å². The van der Waals surface area contributed by atoms with E-state index in [0.29, 0.717) is 30.5 Å². The zero-order valence-electron chi connectivity index (χ0n) is 11.9. The molecule has 5 heteroatoms. The molecule has 0 amide bonds. The van der Waals surface area contributed by atoms with Crippen LogP contribution < -0.4 is 10.6 Å². The zero-order valence-corrected chi connectivity index (χ0v) is 11.9. The molecule has 1 heterocycles. The Morgan fingerprint density at radius 3 is 2.50 bits per heavy atom. The fourth-order valence-corrected chi connectivity index (χ4v) is 2.69. The summed E-state index contributed by atoms with van der Waals surface area (Å²) in [7, 11) is 0. The fraction of sp³-hybridized carbons (Fsp3) is 0.600. The number of nitrogens with two attached hydrogens (primary N) is 1. The minimum absolute atomic E-state index is 0.122. The molecule has 2 nitrogen and oxygen atoms in total. The molecule has 2 atom stereocenters. The molecule has 1 aromatic carbocycles. The molecule has 0 saturated carbocycles. The summed E-state index contributed by atoms with van der Waals surface area (Å²) in [5.74, 6) is 0.961. The molecule has 1 aliphatic heterocycles. The predicted octanol–water partition coefficient (Wildman–Crippen LogP) is 3.65. The van der Waals surface area contributed by atoms with E-state index >= 15 is 0 Å². The van der Waals surface area contributed by atoms with Crippen LogP contribution in [0.4, 0.5) is 18.9 Å². The van der Waals surface area contributed by atoms with Crippen LogP contribution in [0.25, 0.3) is 0 Å². The minimum atomic E-state index is -4.34. The number of anilines is 1. The van der Waals surface area contributed by atoms with E-state index in [0.717, 1.165) is 6.42 Å². The molecule has 0 aromatic heterocycles. The molecule has 1 fully saturated rings. The van der Waals surface area contributed by atoms with Gasteiger partial charge in [0.05, 0.1) is 5.56 Å². The SMILES string of the molecule is CC1CCN(c2ccc(CN)cc2C(F)(F)F)CC1C. The van der Waals surface area contributed by atoms with Crippen molar-refractivity contribution in [2.75, 3.05) is 18.0 Å². The topological polar surface area (TPSA) is 29.3 Å². The van der Waals surface area contributed by atoms with Crippen LogP contribution in [0.2, 0.25) is 0 Å². The number of hydrogen-bond donors (Lipinski definition) is 1. The third kappa shape index (κ3) is 3.08. The molecule has 112 valence electrons. The van der Waals surface area contributed by atoms with Crippen molar-refractivity contribution in [3.05, 3.63) is 29.3 Å². The minimum Gasteiger partial charge on any atom is -0.371 e. The molecule has 1 aliphatic rings. The number of benzene rings is 1. The smallest absolute Gasteiger partial charge is 0.371 e. The quantitative estimate of drug-likeness (QED) is 0.899. The molecular weight excluding hydrogens is 265 g/mol. The van der Waals surface area contributed by atoms with Crippen LogP contribution in [0.3, 0.4) is 0 Å². The van der Waals surface area contributed by atoms with Gasteiger partial charge in [0.2, 0.25) is 0 Å². The van der Waals surface area contributed by atoms with Crippen molar-refractivity contribution in [2.45, 2.75) is 33.0 Å². The highest BCUT2D eigenvalue weighted by molar-refractivity contribution is 5.56. The van der Waals surface area contributed by atoms with E-state index < -0.39 is 11.7 Å². The van der Waals surface area contributed by atoms with Crippen LogP contribution in [0.1, 0.15) is 31.4 Å². The van der Waals surface area contributed by atoms with E-state index in [1.807, 2.05) is 4.90 Å². The van der Waals surface area contributed by atoms with E-state index in [1.165, 1.54) is 6.07 Å². The third-order valence-electron chi connectivity index (χ3n) is 4.28. The van der Waals surface area contributed by atoms with Crippen LogP contribution >= 0.6 is 0 Å². The Kier molecular flexibility index (Phi) is 4.28. The van der Waals surface area contributed by atoms with Crippen LogP contribution in [-0.2, 0) is 12.7 Å². The third-order valence-corrected chi connectivity index (χ3v) is 4.28. The van der Waals surface area contributed by atoms with Crippen molar-refractivity contribution < 1.29 is 13.2 Å². The van der Waals surface area contributed by atoms with Gasteiger partial charge in [-0.05, 0) is 36.0 Å². The van der Waals surface area contributed by atoms with Gasteiger partial charge in [-0.15, -0.1) is 0 Å². The Hall–Kier alpha value is -1.23. The van der Waals surface area contributed by atoms with Gasteiger partial charge in [0.15, 0.2) is 0 Å². The maximum atomic E-state index is 13.2. The van der Waals surface area contributed by atoms with Crippen molar-refractivity contribution in [1.29, 1.82) is 0 Å². The number of hydrogen-bond acceptors (Lipinski definition) is 2. The van der Waals surface area contributed by atoms with Gasteiger partial charge in [0.1, 0.15) is 0 Å². The lowest BCUT2D eigenvalue weighted by Gasteiger charge is -2.38. The molecule has 0 bridgehead atoms. The monoisotopic (exact) mass is 286 g/mol. The van der Waals surface area contributed by atoms with Crippen molar-refractivity contribution >= 4 is 5.69 Å². The Bertz CT molecular complexity index is 471. The second kappa shape index (κ2) is 5.64. The number of halogens is 3. The van der Waals surface area contributed by atoms with E-state index in [2.05, 4.69) is 13.8 Å². The summed E-state index contributed by atoms with van der Waals surface area (Å²) in [6.07, 6.45) is -3.41. The summed E-state index contributed by atoms with van der Waals surface area (Å²) in [5, 5.41) is 0. The highest BCUT2D eigenvalue weighted by Crippen LogP contribution is 2.39. The summed E-state index contributed by atoms with van der Waals surface area (Å²) in [4.78, 5) is 1.85. The van der Waals surface area contributed by atoms with Gasteiger partial charge < -0.3 is 10.6 Å². The Morgan fingerprint density at radius 2 is 1.95 bits per heavy atom. The highest BCUT2D eigenvalue weighted by atomic mass is 19.4. The molecule has 0 aliphatic carbocycles. The maximum absolute atomic E-state index is 13.2. The summed E-state index contributed by atoms with van der Waals surface area (Å²) >= 11 is 0. The standard InChI is InChI=1S/C15H21F3N2/c1-10-5-6-20(9-11(10)2)14-4-3-12(8-19)7-13(14)15(16,17)18/h3-4,7,10-11H,5-6,8-9,19H2,1-2H3. The number of nitrogens with zero attached hydrogens (tertiary/aromatic N) is 1. The van der Waals surface area contributed by atoms with Crippen LogP contribution in [-0.4, -0.2) is 13.1 Å². The van der Waals surface area contributed by atoms with Crippen molar-refractivity contribution in [2.24, 2.45) is 17.6 Å². The Labute approximate surface area is 117 Å². The van der Waals surface area contributed by atoms with Crippen LogP contribution in [0.5, 0.6) is 0 Å². The van der Waals surface area contributed by atoms with Crippen molar-refractivity contribution in [3.8, 4) is 0 Å². The van der Waals surface area contributed by atoms with Gasteiger partial charge in [0, 0.05) is 25.3 Å². The summed E-state index contributed by atoms with van der Waals surface area (Å²) in [6, 6.07) is 4.43. The fourth-order valence-electron chi connectivity index (χ4n) is 2.69. The van der Waals surface area contributed by atoms with Gasteiger partial charge >= 0.3 is 6.18 Å². The predicted molar refractivity (Wildman–Crippen MR) is 74.5 cm³/mol. The zero-order chi connectivity index (χ0) is 14.9. The van der Waals surface area contributed by atoms with Gasteiger partial charge in [-0.1, -0.05) is 19.9 Å². The molecule has 1 saturated heterocycles. The second-order valence-corrected chi connectivity index (χ2v) is 5.74. The second-order valence-electron chi connectivity index (χ2n) is 5.74. The van der Waals surface area contributed by atoms with Gasteiger partial charge in [0.25, 0.3) is 0 Å². The molecule has 2 N–H and O–H groups in total. The number of piperidine rings is 1. The van der Waals surface area contributed by atoms with E-state index in [-0.39, 0.29) is 12.2 Å². The van der Waals surface area contributed by atoms with Gasteiger partial charge in [-0.3, -0.25) is 0 Å². The summed E-state index contributed by atoms with van der Waals surface area (Å²) in [5.41, 5.74) is 5.68. The van der Waals surface area contributed by atoms with Crippen LogP contribution in [0, 0.1) is 11.8 Å². The van der Waals surface area contributed by atoms with E-state index in [4.69, 9.17) is 5.73 Å². The molecule has 0 spiro atoms. The maximum Gasteiger partial charge on any atom is 0.418 e. The molecule has 2 unspecified atom stereocenters. The molecule has 1 aromatic rings. The largest absolute Gasteiger partial charge is 0.418 e. The normalized spacial score (nSPS) is 24.0. The Balaban J connectivity index is 2.36. The Morgan fingerprint density at radius 1 is 1.25 bits per heavy atom. The molecule has 0 radical (unpaired) electrons. The molecule has 2 rings (SSSR count).